The van der Waals surface area contributed by atoms with Crippen LogP contribution in [0.4, 0.5) is 0 Å². The van der Waals surface area contributed by atoms with Gasteiger partial charge in [-0.25, -0.2) is 0 Å². The van der Waals surface area contributed by atoms with E-state index in [0.29, 0.717) is 6.04 Å². The van der Waals surface area contributed by atoms with Crippen LogP contribution in [-0.2, 0) is 7.05 Å². The first-order valence-corrected chi connectivity index (χ1v) is 5.67. The molecule has 13 heavy (non-hydrogen) atoms. The zero-order valence-corrected chi connectivity index (χ0v) is 9.27. The third-order valence-corrected chi connectivity index (χ3v) is 2.94. The predicted octanol–water partition coefficient (Wildman–Crippen LogP) is 1.43. The van der Waals surface area contributed by atoms with Gasteiger partial charge in [-0.1, -0.05) is 6.92 Å². The maximum atomic E-state index is 4.16. The highest BCUT2D eigenvalue weighted by atomic mass is 32.2. The Balaban J connectivity index is 2.56. The Morgan fingerprint density at radius 1 is 1.69 bits per heavy atom. The summed E-state index contributed by atoms with van der Waals surface area (Å²) in [6.45, 7) is 2.18. The molecule has 1 aromatic heterocycles. The Hall–Kier alpha value is -0.480. The van der Waals surface area contributed by atoms with Gasteiger partial charge in [0.2, 0.25) is 0 Å². The molecule has 0 saturated heterocycles. The molecule has 0 fully saturated rings. The normalized spacial score (nSPS) is 13.2. The van der Waals surface area contributed by atoms with Crippen LogP contribution in [0.5, 0.6) is 0 Å². The van der Waals surface area contributed by atoms with Crippen molar-refractivity contribution in [2.45, 2.75) is 13.0 Å². The molecule has 0 aliphatic rings. The lowest BCUT2D eigenvalue weighted by atomic mass is 10.2. The Morgan fingerprint density at radius 3 is 2.92 bits per heavy atom. The summed E-state index contributed by atoms with van der Waals surface area (Å²) in [5, 5.41) is 7.45. The zero-order chi connectivity index (χ0) is 9.68. The standard InChI is InChI=1S/C9H17N3S/c1-4-13-7-9(10-2)8-5-11-12(3)6-8/h5-6,9-10H,4,7H2,1-3H3. The molecule has 0 amide bonds. The van der Waals surface area contributed by atoms with Gasteiger partial charge in [0, 0.05) is 30.6 Å². The number of nitrogens with one attached hydrogen (secondary N) is 1. The van der Waals surface area contributed by atoms with E-state index in [0.717, 1.165) is 5.75 Å². The quantitative estimate of drug-likeness (QED) is 0.778. The third kappa shape index (κ3) is 3.04. The van der Waals surface area contributed by atoms with Crippen molar-refractivity contribution in [2.24, 2.45) is 7.05 Å². The van der Waals surface area contributed by atoms with Gasteiger partial charge in [-0.15, -0.1) is 0 Å². The van der Waals surface area contributed by atoms with Crippen LogP contribution in [0.15, 0.2) is 12.4 Å². The summed E-state index contributed by atoms with van der Waals surface area (Å²) in [5.74, 6) is 2.27. The van der Waals surface area contributed by atoms with Crippen LogP contribution in [0.3, 0.4) is 0 Å². The van der Waals surface area contributed by atoms with E-state index in [1.807, 2.05) is 36.7 Å². The van der Waals surface area contributed by atoms with E-state index >= 15 is 0 Å². The minimum atomic E-state index is 0.429. The maximum absolute atomic E-state index is 4.16. The highest BCUT2D eigenvalue weighted by Crippen LogP contribution is 2.16. The van der Waals surface area contributed by atoms with E-state index in [9.17, 15) is 0 Å². The van der Waals surface area contributed by atoms with Crippen molar-refractivity contribution < 1.29 is 0 Å². The Labute approximate surface area is 83.9 Å². The summed E-state index contributed by atoms with van der Waals surface area (Å²) in [6.07, 6.45) is 3.99. The highest BCUT2D eigenvalue weighted by Gasteiger charge is 2.09. The van der Waals surface area contributed by atoms with E-state index in [2.05, 4.69) is 23.5 Å². The van der Waals surface area contributed by atoms with Gasteiger partial charge in [-0.3, -0.25) is 4.68 Å². The van der Waals surface area contributed by atoms with Gasteiger partial charge in [0.05, 0.1) is 6.20 Å². The molecule has 3 nitrogen and oxygen atoms in total. The molecule has 0 aliphatic heterocycles. The Bertz CT molecular complexity index is 247. The number of aryl methyl sites for hydroxylation is 1. The smallest absolute Gasteiger partial charge is 0.0537 e. The van der Waals surface area contributed by atoms with Crippen LogP contribution in [0.2, 0.25) is 0 Å². The van der Waals surface area contributed by atoms with Gasteiger partial charge in [-0.2, -0.15) is 16.9 Å². The van der Waals surface area contributed by atoms with Crippen molar-refractivity contribution in [3.05, 3.63) is 18.0 Å². The van der Waals surface area contributed by atoms with Crippen LogP contribution < -0.4 is 5.32 Å². The summed E-state index contributed by atoms with van der Waals surface area (Å²) < 4.78 is 1.84. The maximum Gasteiger partial charge on any atom is 0.0537 e. The van der Waals surface area contributed by atoms with Crippen molar-refractivity contribution in [3.63, 3.8) is 0 Å². The molecule has 1 atom stereocenters. The van der Waals surface area contributed by atoms with E-state index in [4.69, 9.17) is 0 Å². The highest BCUT2D eigenvalue weighted by molar-refractivity contribution is 7.99. The lowest BCUT2D eigenvalue weighted by Gasteiger charge is -2.12. The van der Waals surface area contributed by atoms with Gasteiger partial charge in [-0.05, 0) is 12.8 Å². The molecule has 74 valence electrons. The molecule has 0 bridgehead atoms. The van der Waals surface area contributed by atoms with Gasteiger partial charge < -0.3 is 5.32 Å². The van der Waals surface area contributed by atoms with Crippen molar-refractivity contribution >= 4 is 11.8 Å². The first-order valence-electron chi connectivity index (χ1n) is 4.51. The zero-order valence-electron chi connectivity index (χ0n) is 8.45. The molecule has 1 rings (SSSR count). The molecule has 0 saturated carbocycles. The monoisotopic (exact) mass is 199 g/mol. The second-order valence-corrected chi connectivity index (χ2v) is 4.27. The lowest BCUT2D eigenvalue weighted by molar-refractivity contribution is 0.660. The number of nitrogens with zero attached hydrogens (tertiary/aromatic N) is 2. The molecule has 0 spiro atoms. The van der Waals surface area contributed by atoms with Gasteiger partial charge in [0.15, 0.2) is 0 Å². The van der Waals surface area contributed by atoms with E-state index in [1.165, 1.54) is 11.3 Å². The van der Waals surface area contributed by atoms with Crippen LogP contribution in [0.1, 0.15) is 18.5 Å². The van der Waals surface area contributed by atoms with Crippen molar-refractivity contribution in [3.8, 4) is 0 Å². The van der Waals surface area contributed by atoms with Crippen LogP contribution >= 0.6 is 11.8 Å². The minimum absolute atomic E-state index is 0.429. The first-order chi connectivity index (χ1) is 6.27. The van der Waals surface area contributed by atoms with E-state index < -0.39 is 0 Å². The molecule has 1 N–H and O–H groups in total. The van der Waals surface area contributed by atoms with Gasteiger partial charge in [0.25, 0.3) is 0 Å². The third-order valence-electron chi connectivity index (χ3n) is 1.96. The van der Waals surface area contributed by atoms with Gasteiger partial charge >= 0.3 is 0 Å². The molecule has 0 aromatic carbocycles. The van der Waals surface area contributed by atoms with E-state index in [1.54, 1.807) is 0 Å². The van der Waals surface area contributed by atoms with Gasteiger partial charge in [0.1, 0.15) is 0 Å². The summed E-state index contributed by atoms with van der Waals surface area (Å²) in [5.41, 5.74) is 1.27. The van der Waals surface area contributed by atoms with E-state index in [-0.39, 0.29) is 0 Å². The van der Waals surface area contributed by atoms with Crippen molar-refractivity contribution in [1.29, 1.82) is 0 Å². The topological polar surface area (TPSA) is 29.9 Å². The fourth-order valence-electron chi connectivity index (χ4n) is 1.20. The fraction of sp³-hybridized carbons (Fsp3) is 0.667. The summed E-state index contributed by atoms with van der Waals surface area (Å²) in [7, 11) is 3.94. The van der Waals surface area contributed by atoms with Crippen LogP contribution in [0.25, 0.3) is 0 Å². The fourth-order valence-corrected chi connectivity index (χ4v) is 2.03. The second kappa shape index (κ2) is 5.29. The first kappa shape index (κ1) is 10.6. The molecule has 0 aliphatic carbocycles. The Kier molecular flexibility index (Phi) is 4.32. The predicted molar refractivity (Wildman–Crippen MR) is 58.0 cm³/mol. The number of hydrogen-bond acceptors (Lipinski definition) is 3. The summed E-state index contributed by atoms with van der Waals surface area (Å²) in [6, 6.07) is 0.429. The summed E-state index contributed by atoms with van der Waals surface area (Å²) >= 11 is 1.95. The largest absolute Gasteiger partial charge is 0.312 e. The average molecular weight is 199 g/mol. The van der Waals surface area contributed by atoms with Crippen LogP contribution in [0, 0.1) is 0 Å². The molecule has 1 heterocycles. The Morgan fingerprint density at radius 2 is 2.46 bits per heavy atom. The van der Waals surface area contributed by atoms with Crippen molar-refractivity contribution in [2.75, 3.05) is 18.6 Å². The number of hydrogen-bond donors (Lipinski definition) is 1. The average Bonchev–Trinajstić information content (AvgIpc) is 2.54. The molecule has 1 unspecified atom stereocenters. The molecule has 0 radical (unpaired) electrons. The second-order valence-electron chi connectivity index (χ2n) is 2.95. The SMILES string of the molecule is CCSCC(NC)c1cnn(C)c1. The lowest BCUT2D eigenvalue weighted by Crippen LogP contribution is -2.18. The van der Waals surface area contributed by atoms with Crippen LogP contribution in [-0.4, -0.2) is 28.3 Å². The number of aromatic nitrogens is 2. The minimum Gasteiger partial charge on any atom is -0.312 e. The number of thioether (sulfide) groups is 1. The molecule has 4 heteroatoms. The molecule has 1 aromatic rings. The van der Waals surface area contributed by atoms with Crippen molar-refractivity contribution in [1.82, 2.24) is 15.1 Å². The molecular formula is C9H17N3S. The molecular weight excluding hydrogens is 182 g/mol. The number of rotatable bonds is 5. The summed E-state index contributed by atoms with van der Waals surface area (Å²) in [4.78, 5) is 0.